The third-order valence-electron chi connectivity index (χ3n) is 3.78. The van der Waals surface area contributed by atoms with Gasteiger partial charge in [-0.3, -0.25) is 4.79 Å². The highest BCUT2D eigenvalue weighted by Crippen LogP contribution is 2.31. The van der Waals surface area contributed by atoms with Gasteiger partial charge in [0.1, 0.15) is 4.21 Å². The van der Waals surface area contributed by atoms with Crippen molar-refractivity contribution in [3.63, 3.8) is 0 Å². The molecule has 0 aromatic carbocycles. The van der Waals surface area contributed by atoms with Gasteiger partial charge in [-0.2, -0.15) is 4.31 Å². The summed E-state index contributed by atoms with van der Waals surface area (Å²) < 4.78 is 27.1. The van der Waals surface area contributed by atoms with E-state index in [-0.39, 0.29) is 18.5 Å². The minimum absolute atomic E-state index is 0.0947. The van der Waals surface area contributed by atoms with Crippen LogP contribution in [0.3, 0.4) is 0 Å². The quantitative estimate of drug-likeness (QED) is 0.916. The van der Waals surface area contributed by atoms with Crippen LogP contribution in [0.25, 0.3) is 0 Å². The van der Waals surface area contributed by atoms with E-state index in [1.165, 1.54) is 15.6 Å². The Morgan fingerprint density at radius 3 is 2.70 bits per heavy atom. The van der Waals surface area contributed by atoms with Gasteiger partial charge in [-0.25, -0.2) is 8.42 Å². The predicted molar refractivity (Wildman–Crippen MR) is 79.0 cm³/mol. The van der Waals surface area contributed by atoms with E-state index in [1.54, 1.807) is 6.07 Å². The van der Waals surface area contributed by atoms with Gasteiger partial charge >= 0.3 is 0 Å². The maximum atomic E-state index is 12.7. The van der Waals surface area contributed by atoms with Gasteiger partial charge in [0.25, 0.3) is 10.0 Å². The van der Waals surface area contributed by atoms with Crippen molar-refractivity contribution in [2.24, 2.45) is 11.7 Å². The largest absolute Gasteiger partial charge is 0.369 e. The van der Waals surface area contributed by atoms with Gasteiger partial charge in [-0.05, 0) is 38.3 Å². The first kappa shape index (κ1) is 15.5. The molecule has 2 heterocycles. The Labute approximate surface area is 123 Å². The fourth-order valence-electron chi connectivity index (χ4n) is 2.44. The average Bonchev–Trinajstić information content (AvgIpc) is 2.88. The molecule has 2 atom stereocenters. The number of sulfonamides is 1. The second-order valence-electron chi connectivity index (χ2n) is 5.17. The summed E-state index contributed by atoms with van der Waals surface area (Å²) in [6.45, 7) is 4.07. The molecular weight excluding hydrogens is 296 g/mol. The second-order valence-corrected chi connectivity index (χ2v) is 8.46. The van der Waals surface area contributed by atoms with Crippen molar-refractivity contribution in [2.45, 2.75) is 43.4 Å². The van der Waals surface area contributed by atoms with Crippen LogP contribution in [0.5, 0.6) is 0 Å². The number of rotatable bonds is 4. The van der Waals surface area contributed by atoms with Crippen LogP contribution in [0, 0.1) is 5.92 Å². The summed E-state index contributed by atoms with van der Waals surface area (Å²) in [6, 6.07) is 3.40. The zero-order valence-corrected chi connectivity index (χ0v) is 13.3. The molecule has 0 radical (unpaired) electrons. The number of piperidine rings is 1. The SMILES string of the molecule is CCc1ccc(S(=O)(=O)N2C[C@@H](C(N)=O)CC[C@H]2C)s1. The van der Waals surface area contributed by atoms with Gasteiger partial charge in [0.05, 0.1) is 5.92 Å². The lowest BCUT2D eigenvalue weighted by atomic mass is 9.95. The zero-order valence-electron chi connectivity index (χ0n) is 11.7. The predicted octanol–water partition coefficient (Wildman–Crippen LogP) is 1.58. The summed E-state index contributed by atoms with van der Waals surface area (Å²) in [4.78, 5) is 12.4. The van der Waals surface area contributed by atoms with E-state index in [4.69, 9.17) is 5.73 Å². The second kappa shape index (κ2) is 5.83. The minimum Gasteiger partial charge on any atom is -0.369 e. The molecule has 112 valence electrons. The van der Waals surface area contributed by atoms with Crippen LogP contribution in [0.15, 0.2) is 16.3 Å². The lowest BCUT2D eigenvalue weighted by Gasteiger charge is -2.35. The highest BCUT2D eigenvalue weighted by Gasteiger charge is 2.37. The van der Waals surface area contributed by atoms with Crippen molar-refractivity contribution in [3.8, 4) is 0 Å². The average molecular weight is 316 g/mol. The zero-order chi connectivity index (χ0) is 14.9. The molecule has 1 aliphatic heterocycles. The third kappa shape index (κ3) is 2.89. The summed E-state index contributed by atoms with van der Waals surface area (Å²) in [6.07, 6.45) is 2.14. The maximum Gasteiger partial charge on any atom is 0.252 e. The molecule has 2 rings (SSSR count). The molecule has 5 nitrogen and oxygen atoms in total. The Kier molecular flexibility index (Phi) is 4.51. The molecule has 1 saturated heterocycles. The molecule has 0 aliphatic carbocycles. The molecule has 0 saturated carbocycles. The summed E-state index contributed by atoms with van der Waals surface area (Å²) in [5, 5.41) is 0. The van der Waals surface area contributed by atoms with Gasteiger partial charge in [-0.15, -0.1) is 11.3 Å². The van der Waals surface area contributed by atoms with Crippen molar-refractivity contribution < 1.29 is 13.2 Å². The number of thiophene rings is 1. The molecule has 1 aliphatic rings. The van der Waals surface area contributed by atoms with Gasteiger partial charge in [-0.1, -0.05) is 6.92 Å². The van der Waals surface area contributed by atoms with Crippen LogP contribution in [0.2, 0.25) is 0 Å². The Morgan fingerprint density at radius 1 is 1.45 bits per heavy atom. The number of nitrogens with zero attached hydrogens (tertiary/aromatic N) is 1. The lowest BCUT2D eigenvalue weighted by molar-refractivity contribution is -0.123. The summed E-state index contributed by atoms with van der Waals surface area (Å²) in [5.41, 5.74) is 5.32. The summed E-state index contributed by atoms with van der Waals surface area (Å²) >= 11 is 1.30. The lowest BCUT2D eigenvalue weighted by Crippen LogP contribution is -2.48. The topological polar surface area (TPSA) is 80.5 Å². The first-order valence-electron chi connectivity index (χ1n) is 6.76. The molecule has 1 fully saturated rings. The van der Waals surface area contributed by atoms with Crippen LogP contribution in [0.4, 0.5) is 0 Å². The molecule has 0 spiro atoms. The highest BCUT2D eigenvalue weighted by molar-refractivity contribution is 7.91. The number of carbonyl (C=O) groups is 1. The molecule has 7 heteroatoms. The van der Waals surface area contributed by atoms with Crippen molar-refractivity contribution >= 4 is 27.3 Å². The van der Waals surface area contributed by atoms with Gasteiger partial charge in [0.2, 0.25) is 5.91 Å². The fraction of sp³-hybridized carbons (Fsp3) is 0.615. The van der Waals surface area contributed by atoms with Crippen LogP contribution >= 0.6 is 11.3 Å². The molecule has 0 bridgehead atoms. The molecule has 20 heavy (non-hydrogen) atoms. The molecular formula is C13H20N2O3S2. The van der Waals surface area contributed by atoms with Crippen LogP contribution < -0.4 is 5.73 Å². The van der Waals surface area contributed by atoms with Gasteiger partial charge < -0.3 is 5.73 Å². The number of carbonyl (C=O) groups excluding carboxylic acids is 1. The van der Waals surface area contributed by atoms with E-state index in [0.717, 1.165) is 11.3 Å². The third-order valence-corrected chi connectivity index (χ3v) is 7.45. The molecule has 0 unspecified atom stereocenters. The van der Waals surface area contributed by atoms with Crippen LogP contribution in [-0.4, -0.2) is 31.2 Å². The van der Waals surface area contributed by atoms with E-state index >= 15 is 0 Å². The van der Waals surface area contributed by atoms with Crippen molar-refractivity contribution in [1.82, 2.24) is 4.31 Å². The number of amides is 1. The normalized spacial score (nSPS) is 24.7. The number of primary amides is 1. The summed E-state index contributed by atoms with van der Waals surface area (Å²) in [5.74, 6) is -0.802. The Balaban J connectivity index is 2.29. The van der Waals surface area contributed by atoms with Gasteiger partial charge in [0.15, 0.2) is 0 Å². The number of hydrogen-bond acceptors (Lipinski definition) is 4. The van der Waals surface area contributed by atoms with Gasteiger partial charge in [0, 0.05) is 17.5 Å². The van der Waals surface area contributed by atoms with Crippen molar-refractivity contribution in [2.75, 3.05) is 6.54 Å². The van der Waals surface area contributed by atoms with Crippen molar-refractivity contribution in [1.29, 1.82) is 0 Å². The number of hydrogen-bond donors (Lipinski definition) is 1. The summed E-state index contributed by atoms with van der Waals surface area (Å²) in [7, 11) is -3.52. The van der Waals surface area contributed by atoms with Crippen LogP contribution in [0.1, 0.15) is 31.6 Å². The highest BCUT2D eigenvalue weighted by atomic mass is 32.2. The fourth-order valence-corrected chi connectivity index (χ4v) is 5.58. The van der Waals surface area contributed by atoms with E-state index < -0.39 is 15.9 Å². The minimum atomic E-state index is -3.52. The Bertz CT molecular complexity index is 595. The molecule has 2 N–H and O–H groups in total. The van der Waals surface area contributed by atoms with E-state index in [0.29, 0.717) is 17.1 Å². The Morgan fingerprint density at radius 2 is 2.15 bits per heavy atom. The van der Waals surface area contributed by atoms with E-state index in [1.807, 2.05) is 19.9 Å². The molecule has 1 amide bonds. The van der Waals surface area contributed by atoms with E-state index in [2.05, 4.69) is 0 Å². The number of aryl methyl sites for hydroxylation is 1. The Hall–Kier alpha value is -0.920. The number of nitrogens with two attached hydrogens (primary N) is 1. The van der Waals surface area contributed by atoms with Crippen molar-refractivity contribution in [3.05, 3.63) is 17.0 Å². The first-order chi connectivity index (χ1) is 9.36. The smallest absolute Gasteiger partial charge is 0.252 e. The maximum absolute atomic E-state index is 12.7. The van der Waals surface area contributed by atoms with Crippen LogP contribution in [-0.2, 0) is 21.2 Å². The standard InChI is InChI=1S/C13H20N2O3S2/c1-3-11-6-7-12(19-11)20(17,18)15-8-10(13(14)16)5-4-9(15)2/h6-7,9-10H,3-5,8H2,1-2H3,(H2,14,16)/t9-,10+/m1/s1. The molecule has 1 aromatic heterocycles. The molecule has 1 aromatic rings. The van der Waals surface area contributed by atoms with E-state index in [9.17, 15) is 13.2 Å². The monoisotopic (exact) mass is 316 g/mol. The first-order valence-corrected chi connectivity index (χ1v) is 9.01.